The molecule has 100 valence electrons. The summed E-state index contributed by atoms with van der Waals surface area (Å²) in [6, 6.07) is 4.76. The number of carbonyl (C=O) groups is 1. The third-order valence-corrected chi connectivity index (χ3v) is 3.37. The molecule has 0 aliphatic carbocycles. The predicted octanol–water partition coefficient (Wildman–Crippen LogP) is 3.32. The molecule has 0 heterocycles. The maximum absolute atomic E-state index is 13.6. The molecule has 1 aromatic carbocycles. The van der Waals surface area contributed by atoms with E-state index in [2.05, 4.69) is 29.8 Å². The molecule has 0 amide bonds. The largest absolute Gasteiger partial charge is 0.330 e. The summed E-state index contributed by atoms with van der Waals surface area (Å²) in [7, 11) is 0. The highest BCUT2D eigenvalue weighted by molar-refractivity contribution is 9.10. The molecule has 1 atom stereocenters. The Kier molecular flexibility index (Phi) is 5.96. The van der Waals surface area contributed by atoms with Crippen molar-refractivity contribution in [3.05, 3.63) is 34.1 Å². The maximum atomic E-state index is 13.6. The Labute approximate surface area is 116 Å². The molecule has 0 spiro atoms. The van der Waals surface area contributed by atoms with Gasteiger partial charge in [-0.25, -0.2) is 4.39 Å². The summed E-state index contributed by atoms with van der Waals surface area (Å²) in [4.78, 5) is 12.1. The van der Waals surface area contributed by atoms with Gasteiger partial charge in [-0.05, 0) is 30.0 Å². The average molecular weight is 316 g/mol. The number of carbonyl (C=O) groups excluding carboxylic acids is 1. The molecule has 0 aliphatic heterocycles. The first kappa shape index (κ1) is 15.3. The molecule has 18 heavy (non-hydrogen) atoms. The van der Waals surface area contributed by atoms with Gasteiger partial charge in [-0.3, -0.25) is 4.79 Å². The Morgan fingerprint density at radius 3 is 2.61 bits per heavy atom. The molecule has 0 bridgehead atoms. The molecular weight excluding hydrogens is 297 g/mol. The van der Waals surface area contributed by atoms with Crippen LogP contribution < -0.4 is 5.73 Å². The fourth-order valence-corrected chi connectivity index (χ4v) is 2.26. The number of halogens is 2. The molecule has 0 radical (unpaired) electrons. The molecule has 0 aliphatic rings. The smallest absolute Gasteiger partial charge is 0.141 e. The van der Waals surface area contributed by atoms with Crippen LogP contribution in [0.3, 0.4) is 0 Å². The van der Waals surface area contributed by atoms with Crippen LogP contribution in [0.5, 0.6) is 0 Å². The zero-order valence-electron chi connectivity index (χ0n) is 10.7. The van der Waals surface area contributed by atoms with Gasteiger partial charge in [-0.1, -0.05) is 35.8 Å². The fourth-order valence-electron chi connectivity index (χ4n) is 1.93. The third kappa shape index (κ3) is 4.50. The minimum Gasteiger partial charge on any atom is -0.330 e. The Bertz CT molecular complexity index is 420. The van der Waals surface area contributed by atoms with Gasteiger partial charge < -0.3 is 5.73 Å². The minimum absolute atomic E-state index is 0.0208. The summed E-state index contributed by atoms with van der Waals surface area (Å²) in [6.45, 7) is 4.43. The van der Waals surface area contributed by atoms with Crippen LogP contribution in [0, 0.1) is 17.7 Å². The summed E-state index contributed by atoms with van der Waals surface area (Å²) in [6.07, 6.45) is 0.876. The topological polar surface area (TPSA) is 43.1 Å². The van der Waals surface area contributed by atoms with Crippen molar-refractivity contribution in [2.24, 2.45) is 17.6 Å². The number of benzene rings is 1. The van der Waals surface area contributed by atoms with Crippen molar-refractivity contribution < 1.29 is 9.18 Å². The van der Waals surface area contributed by atoms with Crippen LogP contribution in [0.25, 0.3) is 0 Å². The second kappa shape index (κ2) is 7.00. The zero-order valence-corrected chi connectivity index (χ0v) is 12.3. The lowest BCUT2D eigenvalue weighted by atomic mass is 9.90. The van der Waals surface area contributed by atoms with Crippen LogP contribution in [0.4, 0.5) is 4.39 Å². The van der Waals surface area contributed by atoms with Crippen molar-refractivity contribution in [2.45, 2.75) is 26.7 Å². The van der Waals surface area contributed by atoms with Gasteiger partial charge in [0.15, 0.2) is 0 Å². The van der Waals surface area contributed by atoms with Gasteiger partial charge in [-0.2, -0.15) is 0 Å². The van der Waals surface area contributed by atoms with Crippen molar-refractivity contribution in [2.75, 3.05) is 6.54 Å². The fraction of sp³-hybridized carbons (Fsp3) is 0.500. The standard InChI is InChI=1S/C14H19BrFNO/c1-9(2)5-11(8-17)14(18)6-10-3-4-12(15)7-13(10)16/h3-4,7,9,11H,5-6,8,17H2,1-2H3. The maximum Gasteiger partial charge on any atom is 0.141 e. The average Bonchev–Trinajstić information content (AvgIpc) is 2.29. The highest BCUT2D eigenvalue weighted by Gasteiger charge is 2.19. The highest BCUT2D eigenvalue weighted by Crippen LogP contribution is 2.19. The van der Waals surface area contributed by atoms with E-state index in [1.54, 1.807) is 12.1 Å². The summed E-state index contributed by atoms with van der Waals surface area (Å²) >= 11 is 3.19. The molecule has 0 fully saturated rings. The molecule has 0 saturated carbocycles. The normalized spacial score (nSPS) is 12.8. The minimum atomic E-state index is -0.349. The van der Waals surface area contributed by atoms with E-state index in [0.29, 0.717) is 22.5 Å². The molecule has 1 unspecified atom stereocenters. The Balaban J connectivity index is 2.73. The van der Waals surface area contributed by atoms with E-state index in [1.807, 2.05) is 0 Å². The number of hydrogen-bond donors (Lipinski definition) is 1. The molecule has 1 aromatic rings. The molecule has 1 rings (SSSR count). The first-order valence-corrected chi connectivity index (χ1v) is 6.90. The molecule has 4 heteroatoms. The van der Waals surface area contributed by atoms with Crippen LogP contribution in [0.1, 0.15) is 25.8 Å². The van der Waals surface area contributed by atoms with Crippen molar-refractivity contribution in [1.82, 2.24) is 0 Å². The van der Waals surface area contributed by atoms with E-state index in [-0.39, 0.29) is 23.9 Å². The third-order valence-electron chi connectivity index (χ3n) is 2.88. The quantitative estimate of drug-likeness (QED) is 0.875. The Morgan fingerprint density at radius 2 is 2.11 bits per heavy atom. The second-order valence-corrected chi connectivity index (χ2v) is 5.86. The number of Topliss-reactive ketones (excluding diaryl/α,β-unsaturated/α-hetero) is 1. The van der Waals surface area contributed by atoms with Gasteiger partial charge in [0.25, 0.3) is 0 Å². The second-order valence-electron chi connectivity index (χ2n) is 4.94. The number of ketones is 1. The number of rotatable bonds is 6. The molecule has 0 aromatic heterocycles. The van der Waals surface area contributed by atoms with Gasteiger partial charge in [-0.15, -0.1) is 0 Å². The van der Waals surface area contributed by atoms with Gasteiger partial charge in [0, 0.05) is 23.4 Å². The van der Waals surface area contributed by atoms with Crippen molar-refractivity contribution in [3.63, 3.8) is 0 Å². The molecule has 0 saturated heterocycles. The molecular formula is C14H19BrFNO. The predicted molar refractivity (Wildman–Crippen MR) is 74.8 cm³/mol. The summed E-state index contributed by atoms with van der Waals surface area (Å²) in [5.41, 5.74) is 6.05. The van der Waals surface area contributed by atoms with Crippen LogP contribution >= 0.6 is 15.9 Å². The van der Waals surface area contributed by atoms with Crippen molar-refractivity contribution in [1.29, 1.82) is 0 Å². The van der Waals surface area contributed by atoms with Crippen molar-refractivity contribution in [3.8, 4) is 0 Å². The Hall–Kier alpha value is -0.740. The van der Waals surface area contributed by atoms with Gasteiger partial charge in [0.1, 0.15) is 11.6 Å². The summed E-state index contributed by atoms with van der Waals surface area (Å²) < 4.78 is 14.3. The lowest BCUT2D eigenvalue weighted by Crippen LogP contribution is -2.26. The first-order chi connectivity index (χ1) is 8.43. The number of hydrogen-bond acceptors (Lipinski definition) is 2. The summed E-state index contributed by atoms with van der Waals surface area (Å²) in [5, 5.41) is 0. The molecule has 2 nitrogen and oxygen atoms in total. The van der Waals surface area contributed by atoms with Crippen LogP contribution in [-0.4, -0.2) is 12.3 Å². The van der Waals surface area contributed by atoms with E-state index >= 15 is 0 Å². The lowest BCUT2D eigenvalue weighted by Gasteiger charge is -2.16. The first-order valence-electron chi connectivity index (χ1n) is 6.10. The lowest BCUT2D eigenvalue weighted by molar-refractivity contribution is -0.122. The zero-order chi connectivity index (χ0) is 13.7. The van der Waals surface area contributed by atoms with E-state index in [0.717, 1.165) is 6.42 Å². The SMILES string of the molecule is CC(C)CC(CN)C(=O)Cc1ccc(Br)cc1F. The van der Waals surface area contributed by atoms with E-state index in [4.69, 9.17) is 5.73 Å². The van der Waals surface area contributed by atoms with Crippen LogP contribution in [0.2, 0.25) is 0 Å². The Morgan fingerprint density at radius 1 is 1.44 bits per heavy atom. The molecule has 2 N–H and O–H groups in total. The van der Waals surface area contributed by atoms with E-state index in [1.165, 1.54) is 6.07 Å². The van der Waals surface area contributed by atoms with Crippen molar-refractivity contribution >= 4 is 21.7 Å². The number of nitrogens with two attached hydrogens (primary N) is 1. The van der Waals surface area contributed by atoms with E-state index in [9.17, 15) is 9.18 Å². The van der Waals surface area contributed by atoms with Gasteiger partial charge in [0.2, 0.25) is 0 Å². The highest BCUT2D eigenvalue weighted by atomic mass is 79.9. The van der Waals surface area contributed by atoms with Gasteiger partial charge in [0.05, 0.1) is 0 Å². The van der Waals surface area contributed by atoms with Crippen LogP contribution in [0.15, 0.2) is 22.7 Å². The van der Waals surface area contributed by atoms with Gasteiger partial charge >= 0.3 is 0 Å². The van der Waals surface area contributed by atoms with Crippen LogP contribution in [-0.2, 0) is 11.2 Å². The summed E-state index contributed by atoms with van der Waals surface area (Å²) in [5.74, 6) is -0.0872. The van der Waals surface area contributed by atoms with E-state index < -0.39 is 0 Å². The monoisotopic (exact) mass is 315 g/mol.